The minimum Gasteiger partial charge on any atom is -0.507 e. The van der Waals surface area contributed by atoms with Crippen molar-refractivity contribution in [1.29, 1.82) is 0 Å². The van der Waals surface area contributed by atoms with Crippen molar-refractivity contribution in [3.05, 3.63) is 64.7 Å². The number of ketones is 1. The maximum Gasteiger partial charge on any atom is 0.339 e. The SMILES string of the molecule is CC(=O)c1ccccc1Cc1cccc(C(=O)O)c1O. The number of carboxylic acid groups (broad SMARTS) is 1. The molecule has 0 bridgehead atoms. The summed E-state index contributed by atoms with van der Waals surface area (Å²) < 4.78 is 0. The number of Topliss-reactive ketones (excluding diaryl/α,β-unsaturated/α-hetero) is 1. The Kier molecular flexibility index (Phi) is 3.84. The van der Waals surface area contributed by atoms with Gasteiger partial charge in [0.05, 0.1) is 0 Å². The number of para-hydroxylation sites is 1. The zero-order valence-electron chi connectivity index (χ0n) is 11.0. The fraction of sp³-hybridized carbons (Fsp3) is 0.125. The lowest BCUT2D eigenvalue weighted by atomic mass is 9.96. The van der Waals surface area contributed by atoms with E-state index in [1.165, 1.54) is 13.0 Å². The van der Waals surface area contributed by atoms with E-state index in [9.17, 15) is 14.7 Å². The largest absolute Gasteiger partial charge is 0.507 e. The Hall–Kier alpha value is -2.62. The number of carboxylic acids is 1. The molecule has 0 atom stereocenters. The van der Waals surface area contributed by atoms with E-state index < -0.39 is 5.97 Å². The normalized spacial score (nSPS) is 10.2. The smallest absolute Gasteiger partial charge is 0.339 e. The van der Waals surface area contributed by atoms with Crippen LogP contribution in [0.1, 0.15) is 38.8 Å². The van der Waals surface area contributed by atoms with Crippen molar-refractivity contribution in [3.8, 4) is 5.75 Å². The number of carbonyl (C=O) groups excluding carboxylic acids is 1. The van der Waals surface area contributed by atoms with E-state index in [0.717, 1.165) is 5.56 Å². The summed E-state index contributed by atoms with van der Waals surface area (Å²) in [5.74, 6) is -1.49. The van der Waals surface area contributed by atoms with E-state index in [2.05, 4.69) is 0 Å². The van der Waals surface area contributed by atoms with Crippen molar-refractivity contribution in [1.82, 2.24) is 0 Å². The molecule has 4 nitrogen and oxygen atoms in total. The van der Waals surface area contributed by atoms with Gasteiger partial charge in [0, 0.05) is 12.0 Å². The first-order chi connectivity index (χ1) is 9.50. The molecule has 0 saturated carbocycles. The van der Waals surface area contributed by atoms with Gasteiger partial charge < -0.3 is 10.2 Å². The fourth-order valence-electron chi connectivity index (χ4n) is 2.13. The zero-order valence-corrected chi connectivity index (χ0v) is 11.0. The summed E-state index contributed by atoms with van der Waals surface area (Å²) >= 11 is 0. The first kappa shape index (κ1) is 13.8. The highest BCUT2D eigenvalue weighted by molar-refractivity contribution is 5.95. The molecule has 102 valence electrons. The Labute approximate surface area is 116 Å². The average Bonchev–Trinajstić information content (AvgIpc) is 2.41. The van der Waals surface area contributed by atoms with E-state index in [1.807, 2.05) is 0 Å². The monoisotopic (exact) mass is 270 g/mol. The van der Waals surface area contributed by atoms with Crippen LogP contribution in [0.3, 0.4) is 0 Å². The highest BCUT2D eigenvalue weighted by atomic mass is 16.4. The molecule has 20 heavy (non-hydrogen) atoms. The van der Waals surface area contributed by atoms with Crippen LogP contribution < -0.4 is 0 Å². The number of phenols is 1. The van der Waals surface area contributed by atoms with Crippen molar-refractivity contribution < 1.29 is 19.8 Å². The lowest BCUT2D eigenvalue weighted by Gasteiger charge is -2.10. The zero-order chi connectivity index (χ0) is 14.7. The van der Waals surface area contributed by atoms with Crippen LogP contribution in [0.4, 0.5) is 0 Å². The number of hydrogen-bond acceptors (Lipinski definition) is 3. The predicted octanol–water partition coefficient (Wildman–Crippen LogP) is 2.88. The molecule has 0 saturated heterocycles. The Morgan fingerprint density at radius 2 is 1.55 bits per heavy atom. The average molecular weight is 270 g/mol. The van der Waals surface area contributed by atoms with Crippen LogP contribution in [0.25, 0.3) is 0 Å². The molecule has 0 radical (unpaired) electrons. The van der Waals surface area contributed by atoms with Crippen LogP contribution >= 0.6 is 0 Å². The quantitative estimate of drug-likeness (QED) is 0.838. The van der Waals surface area contributed by atoms with E-state index in [-0.39, 0.29) is 17.1 Å². The Bertz CT molecular complexity index is 674. The summed E-state index contributed by atoms with van der Waals surface area (Å²) in [7, 11) is 0. The van der Waals surface area contributed by atoms with Crippen molar-refractivity contribution in [2.24, 2.45) is 0 Å². The molecule has 0 heterocycles. The van der Waals surface area contributed by atoms with E-state index in [0.29, 0.717) is 17.5 Å². The Balaban J connectivity index is 2.43. The summed E-state index contributed by atoms with van der Waals surface area (Å²) in [5.41, 5.74) is 1.69. The van der Waals surface area contributed by atoms with Crippen molar-refractivity contribution in [2.45, 2.75) is 13.3 Å². The molecule has 0 aliphatic carbocycles. The van der Waals surface area contributed by atoms with Gasteiger partial charge in [-0.2, -0.15) is 0 Å². The molecule has 2 rings (SSSR count). The van der Waals surface area contributed by atoms with Gasteiger partial charge in [-0.05, 0) is 24.1 Å². The maximum absolute atomic E-state index is 11.6. The molecule has 2 N–H and O–H groups in total. The summed E-state index contributed by atoms with van der Waals surface area (Å²) in [4.78, 5) is 22.5. The molecule has 2 aromatic rings. The molecule has 0 amide bonds. The van der Waals surface area contributed by atoms with Crippen LogP contribution in [0.2, 0.25) is 0 Å². The lowest BCUT2D eigenvalue weighted by molar-refractivity contribution is 0.0693. The number of aromatic hydroxyl groups is 1. The second-order valence-electron chi connectivity index (χ2n) is 4.51. The van der Waals surface area contributed by atoms with Crippen molar-refractivity contribution in [2.75, 3.05) is 0 Å². The number of benzene rings is 2. The third-order valence-corrected chi connectivity index (χ3v) is 3.13. The maximum atomic E-state index is 11.6. The summed E-state index contributed by atoms with van der Waals surface area (Å²) in [6.45, 7) is 1.48. The van der Waals surface area contributed by atoms with Crippen LogP contribution in [0, 0.1) is 0 Å². The van der Waals surface area contributed by atoms with Crippen LogP contribution in [0.5, 0.6) is 5.75 Å². The predicted molar refractivity (Wildman–Crippen MR) is 74.3 cm³/mol. The molecule has 0 unspecified atom stereocenters. The summed E-state index contributed by atoms with van der Waals surface area (Å²) in [6, 6.07) is 11.7. The number of carbonyl (C=O) groups is 2. The third-order valence-electron chi connectivity index (χ3n) is 3.13. The van der Waals surface area contributed by atoms with Crippen LogP contribution in [-0.4, -0.2) is 22.0 Å². The van der Waals surface area contributed by atoms with Crippen molar-refractivity contribution >= 4 is 11.8 Å². The third kappa shape index (κ3) is 2.69. The highest BCUT2D eigenvalue weighted by Crippen LogP contribution is 2.26. The fourth-order valence-corrected chi connectivity index (χ4v) is 2.13. The first-order valence-electron chi connectivity index (χ1n) is 6.13. The number of aromatic carboxylic acids is 1. The second kappa shape index (κ2) is 5.57. The van der Waals surface area contributed by atoms with Gasteiger partial charge in [0.2, 0.25) is 0 Å². The molecule has 0 aromatic heterocycles. The minimum absolute atomic E-state index is 0.0607. The molecule has 0 spiro atoms. The van der Waals surface area contributed by atoms with Gasteiger partial charge in [-0.15, -0.1) is 0 Å². The van der Waals surface area contributed by atoms with E-state index in [4.69, 9.17) is 5.11 Å². The molecule has 0 aliphatic heterocycles. The van der Waals surface area contributed by atoms with Gasteiger partial charge in [-0.1, -0.05) is 36.4 Å². The molecule has 0 fully saturated rings. The molecular weight excluding hydrogens is 256 g/mol. The van der Waals surface area contributed by atoms with Gasteiger partial charge in [-0.25, -0.2) is 4.79 Å². The van der Waals surface area contributed by atoms with E-state index >= 15 is 0 Å². The Morgan fingerprint density at radius 3 is 2.20 bits per heavy atom. The number of hydrogen-bond donors (Lipinski definition) is 2. The topological polar surface area (TPSA) is 74.6 Å². The van der Waals surface area contributed by atoms with E-state index in [1.54, 1.807) is 36.4 Å². The van der Waals surface area contributed by atoms with Gasteiger partial charge in [0.1, 0.15) is 11.3 Å². The first-order valence-corrected chi connectivity index (χ1v) is 6.13. The lowest BCUT2D eigenvalue weighted by Crippen LogP contribution is -2.03. The van der Waals surface area contributed by atoms with Crippen molar-refractivity contribution in [3.63, 3.8) is 0 Å². The van der Waals surface area contributed by atoms with Gasteiger partial charge in [0.25, 0.3) is 0 Å². The van der Waals surface area contributed by atoms with Gasteiger partial charge in [-0.3, -0.25) is 4.79 Å². The van der Waals surface area contributed by atoms with Gasteiger partial charge in [0.15, 0.2) is 5.78 Å². The summed E-state index contributed by atoms with van der Waals surface area (Å²) in [6.07, 6.45) is 0.308. The number of rotatable bonds is 4. The van der Waals surface area contributed by atoms with Crippen LogP contribution in [0.15, 0.2) is 42.5 Å². The molecule has 0 aliphatic rings. The molecule has 4 heteroatoms. The summed E-state index contributed by atoms with van der Waals surface area (Å²) in [5, 5.41) is 19.0. The molecular formula is C16H14O4. The highest BCUT2D eigenvalue weighted by Gasteiger charge is 2.14. The second-order valence-corrected chi connectivity index (χ2v) is 4.51. The Morgan fingerprint density at radius 1 is 0.950 bits per heavy atom. The van der Waals surface area contributed by atoms with Crippen LogP contribution in [-0.2, 0) is 6.42 Å². The molecule has 2 aromatic carbocycles. The van der Waals surface area contributed by atoms with Gasteiger partial charge >= 0.3 is 5.97 Å². The minimum atomic E-state index is -1.18. The standard InChI is InChI=1S/C16H14O4/c1-10(17)13-7-3-2-5-11(13)9-12-6-4-8-14(15(12)18)16(19)20/h2-8,18H,9H2,1H3,(H,19,20).